The number of hydrogen-bond donors (Lipinski definition) is 0. The van der Waals surface area contributed by atoms with E-state index in [2.05, 4.69) is 54.5 Å². The van der Waals surface area contributed by atoms with Gasteiger partial charge in [0, 0.05) is 13.6 Å². The van der Waals surface area contributed by atoms with Crippen LogP contribution in [0.4, 0.5) is 0 Å². The highest BCUT2D eigenvalue weighted by Crippen LogP contribution is 2.20. The molecule has 0 aromatic heterocycles. The van der Waals surface area contributed by atoms with Gasteiger partial charge in [-0.3, -0.25) is 4.79 Å². The molecule has 4 heteroatoms. The van der Waals surface area contributed by atoms with Crippen molar-refractivity contribution in [2.24, 2.45) is 0 Å². The van der Waals surface area contributed by atoms with Crippen LogP contribution >= 0.6 is 54.5 Å². The number of halogens is 3. The Morgan fingerprint density at radius 1 is 1.50 bits per heavy atom. The number of alkyl halides is 1. The second-order valence-electron chi connectivity index (χ2n) is 2.19. The molecule has 0 saturated heterocycles. The van der Waals surface area contributed by atoms with E-state index < -0.39 is 0 Å². The highest BCUT2D eigenvalue weighted by molar-refractivity contribution is 14.1. The van der Waals surface area contributed by atoms with Crippen molar-refractivity contribution in [3.05, 3.63) is 31.8 Å². The van der Waals surface area contributed by atoms with Crippen molar-refractivity contribution in [1.29, 1.82) is 0 Å². The molecular formula is C8H5Br2IO. The Bertz CT molecular complexity index is 312. The second kappa shape index (κ2) is 4.72. The summed E-state index contributed by atoms with van der Waals surface area (Å²) in [5.74, 6) is 0.111. The van der Waals surface area contributed by atoms with Crippen molar-refractivity contribution in [2.45, 2.75) is 0 Å². The summed E-state index contributed by atoms with van der Waals surface area (Å²) in [6.45, 7) is 0. The number of ketones is 1. The van der Waals surface area contributed by atoms with Crippen LogP contribution in [0.1, 0.15) is 10.4 Å². The van der Waals surface area contributed by atoms with Gasteiger partial charge in [0.2, 0.25) is 0 Å². The van der Waals surface area contributed by atoms with E-state index in [4.69, 9.17) is 0 Å². The zero-order valence-electron chi connectivity index (χ0n) is 5.98. The van der Waals surface area contributed by atoms with E-state index >= 15 is 0 Å². The lowest BCUT2D eigenvalue weighted by atomic mass is 10.2. The van der Waals surface area contributed by atoms with Crippen LogP contribution in [0.3, 0.4) is 0 Å². The van der Waals surface area contributed by atoms with Crippen LogP contribution in [0.15, 0.2) is 22.7 Å². The average Bonchev–Trinajstić information content (AvgIpc) is 2.08. The number of rotatable bonds is 2. The highest BCUT2D eigenvalue weighted by Gasteiger charge is 2.05. The Morgan fingerprint density at radius 2 is 2.17 bits per heavy atom. The molecular weight excluding hydrogens is 399 g/mol. The molecule has 0 saturated carbocycles. The zero-order valence-corrected chi connectivity index (χ0v) is 11.3. The Balaban J connectivity index is 3.05. The third-order valence-electron chi connectivity index (χ3n) is 1.36. The summed E-state index contributed by atoms with van der Waals surface area (Å²) in [6.07, 6.45) is 0. The van der Waals surface area contributed by atoms with Gasteiger partial charge >= 0.3 is 0 Å². The minimum Gasteiger partial charge on any atom is -0.293 e. The minimum atomic E-state index is 0.111. The van der Waals surface area contributed by atoms with Crippen molar-refractivity contribution in [3.8, 4) is 0 Å². The van der Waals surface area contributed by atoms with Crippen molar-refractivity contribution in [3.63, 3.8) is 0 Å². The Morgan fingerprint density at radius 3 is 2.67 bits per heavy atom. The molecule has 0 aliphatic heterocycles. The SMILES string of the molecule is O=C(CBr)c1ccc(Br)c(I)c1. The van der Waals surface area contributed by atoms with Crippen LogP contribution in [-0.4, -0.2) is 11.1 Å². The number of hydrogen-bond acceptors (Lipinski definition) is 1. The van der Waals surface area contributed by atoms with E-state index in [9.17, 15) is 4.79 Å². The number of carbonyl (C=O) groups is 1. The highest BCUT2D eigenvalue weighted by atomic mass is 127. The summed E-state index contributed by atoms with van der Waals surface area (Å²) in [4.78, 5) is 11.2. The van der Waals surface area contributed by atoms with Gasteiger partial charge in [-0.1, -0.05) is 22.0 Å². The van der Waals surface area contributed by atoms with E-state index in [1.807, 2.05) is 18.2 Å². The van der Waals surface area contributed by atoms with Crippen molar-refractivity contribution in [1.82, 2.24) is 0 Å². The van der Waals surface area contributed by atoms with Gasteiger partial charge in [-0.15, -0.1) is 0 Å². The minimum absolute atomic E-state index is 0.111. The third-order valence-corrected chi connectivity index (χ3v) is 4.20. The summed E-state index contributed by atoms with van der Waals surface area (Å²) in [5, 5.41) is 0.380. The van der Waals surface area contributed by atoms with Crippen LogP contribution in [0.2, 0.25) is 0 Å². The van der Waals surface area contributed by atoms with E-state index in [-0.39, 0.29) is 5.78 Å². The topological polar surface area (TPSA) is 17.1 Å². The fourth-order valence-electron chi connectivity index (χ4n) is 0.747. The summed E-state index contributed by atoms with van der Waals surface area (Å²) in [6, 6.07) is 5.57. The Hall–Kier alpha value is 0.580. The molecule has 1 rings (SSSR count). The molecule has 0 radical (unpaired) electrons. The molecule has 12 heavy (non-hydrogen) atoms. The van der Waals surface area contributed by atoms with Gasteiger partial charge in [0.15, 0.2) is 5.78 Å². The maximum Gasteiger partial charge on any atom is 0.173 e. The average molecular weight is 404 g/mol. The number of Topliss-reactive ketones (excluding diaryl/α,β-unsaturated/α-hetero) is 1. The zero-order chi connectivity index (χ0) is 9.14. The summed E-state index contributed by atoms with van der Waals surface area (Å²) in [7, 11) is 0. The maximum absolute atomic E-state index is 11.2. The molecule has 1 nitrogen and oxygen atoms in total. The third kappa shape index (κ3) is 2.53. The first-order valence-electron chi connectivity index (χ1n) is 3.19. The molecule has 0 fully saturated rings. The van der Waals surface area contributed by atoms with Gasteiger partial charge in [0.1, 0.15) is 0 Å². The lowest BCUT2D eigenvalue weighted by molar-refractivity contribution is 0.102. The van der Waals surface area contributed by atoms with Crippen LogP contribution in [0.25, 0.3) is 0 Å². The standard InChI is InChI=1S/C8H5Br2IO/c9-4-8(12)5-1-2-6(10)7(11)3-5/h1-3H,4H2. The van der Waals surface area contributed by atoms with E-state index in [1.54, 1.807) is 0 Å². The first-order chi connectivity index (χ1) is 5.65. The molecule has 0 N–H and O–H groups in total. The Labute approximate surface area is 101 Å². The summed E-state index contributed by atoms with van der Waals surface area (Å²) >= 11 is 8.69. The lowest BCUT2D eigenvalue weighted by Crippen LogP contribution is -1.99. The predicted octanol–water partition coefficient (Wildman–Crippen LogP) is 3.63. The van der Waals surface area contributed by atoms with Gasteiger partial charge < -0.3 is 0 Å². The van der Waals surface area contributed by atoms with Crippen LogP contribution in [-0.2, 0) is 0 Å². The normalized spacial score (nSPS) is 9.92. The van der Waals surface area contributed by atoms with E-state index in [0.29, 0.717) is 5.33 Å². The van der Waals surface area contributed by atoms with Crippen LogP contribution < -0.4 is 0 Å². The van der Waals surface area contributed by atoms with E-state index in [1.165, 1.54) is 0 Å². The second-order valence-corrected chi connectivity index (χ2v) is 4.76. The molecule has 0 spiro atoms. The van der Waals surface area contributed by atoms with Gasteiger partial charge in [-0.2, -0.15) is 0 Å². The molecule has 0 heterocycles. The summed E-state index contributed by atoms with van der Waals surface area (Å²) in [5.41, 5.74) is 0.750. The molecule has 1 aromatic carbocycles. The van der Waals surface area contributed by atoms with Gasteiger partial charge in [-0.25, -0.2) is 0 Å². The molecule has 0 unspecified atom stereocenters. The molecule has 0 amide bonds. The Kier molecular flexibility index (Phi) is 4.19. The summed E-state index contributed by atoms with van der Waals surface area (Å²) < 4.78 is 2.08. The lowest BCUT2D eigenvalue weighted by Gasteiger charge is -1.99. The van der Waals surface area contributed by atoms with Crippen LogP contribution in [0.5, 0.6) is 0 Å². The fourth-order valence-corrected chi connectivity index (χ4v) is 1.83. The van der Waals surface area contributed by atoms with Gasteiger partial charge in [-0.05, 0) is 50.7 Å². The maximum atomic E-state index is 11.2. The molecule has 0 bridgehead atoms. The van der Waals surface area contributed by atoms with Gasteiger partial charge in [0.05, 0.1) is 5.33 Å². The fraction of sp³-hybridized carbons (Fsp3) is 0.125. The smallest absolute Gasteiger partial charge is 0.173 e. The molecule has 0 aliphatic rings. The first-order valence-corrected chi connectivity index (χ1v) is 6.18. The first kappa shape index (κ1) is 10.7. The quantitative estimate of drug-likeness (QED) is 0.418. The monoisotopic (exact) mass is 402 g/mol. The number of benzene rings is 1. The molecule has 0 aliphatic carbocycles. The van der Waals surface area contributed by atoms with Crippen LogP contribution in [0, 0.1) is 3.57 Å². The molecule has 1 aromatic rings. The largest absolute Gasteiger partial charge is 0.293 e. The van der Waals surface area contributed by atoms with Crippen molar-refractivity contribution >= 4 is 60.2 Å². The predicted molar refractivity (Wildman–Crippen MR) is 65.0 cm³/mol. The van der Waals surface area contributed by atoms with Crippen molar-refractivity contribution < 1.29 is 4.79 Å². The number of carbonyl (C=O) groups excluding carboxylic acids is 1. The van der Waals surface area contributed by atoms with Crippen molar-refractivity contribution in [2.75, 3.05) is 5.33 Å². The van der Waals surface area contributed by atoms with E-state index in [0.717, 1.165) is 13.6 Å². The van der Waals surface area contributed by atoms with Gasteiger partial charge in [0.25, 0.3) is 0 Å². The molecule has 0 atom stereocenters. The molecule has 64 valence electrons.